The second-order valence-electron chi connectivity index (χ2n) is 6.80. The molecule has 0 radical (unpaired) electrons. The Hall–Kier alpha value is -2.62. The van der Waals surface area contributed by atoms with Crippen LogP contribution < -0.4 is 5.32 Å². The number of hydrogen-bond acceptors (Lipinski definition) is 2. The van der Waals surface area contributed by atoms with Gasteiger partial charge in [0.1, 0.15) is 0 Å². The zero-order valence-corrected chi connectivity index (χ0v) is 15.3. The number of piperidine rings is 1. The van der Waals surface area contributed by atoms with Crippen LogP contribution in [-0.4, -0.2) is 36.3 Å². The van der Waals surface area contributed by atoms with Crippen LogP contribution in [0.25, 0.3) is 0 Å². The summed E-state index contributed by atoms with van der Waals surface area (Å²) in [6.07, 6.45) is 2.45. The molecule has 3 rings (SSSR count). The first-order valence-electron chi connectivity index (χ1n) is 9.38. The Morgan fingerprint density at radius 3 is 2.58 bits per heavy atom. The molecule has 1 heterocycles. The highest BCUT2D eigenvalue weighted by molar-refractivity contribution is 5.96. The van der Waals surface area contributed by atoms with Gasteiger partial charge in [-0.1, -0.05) is 48.5 Å². The largest absolute Gasteiger partial charge is 0.356 e. The van der Waals surface area contributed by atoms with Crippen LogP contribution in [0, 0.1) is 5.92 Å². The standard InChI is InChI=1S/C22H26N2O2/c1-2-23-21(25)19-12-8-14-24(16-19)22(26)20-13-7-6-11-18(20)15-17-9-4-3-5-10-17/h3-7,9-11,13,19H,2,8,12,14-16H2,1H3,(H,23,25). The van der Waals surface area contributed by atoms with Crippen LogP contribution in [0.1, 0.15) is 41.3 Å². The maximum Gasteiger partial charge on any atom is 0.254 e. The van der Waals surface area contributed by atoms with E-state index in [0.29, 0.717) is 19.6 Å². The van der Waals surface area contributed by atoms with Gasteiger partial charge >= 0.3 is 0 Å². The second-order valence-corrected chi connectivity index (χ2v) is 6.80. The second kappa shape index (κ2) is 8.65. The molecular weight excluding hydrogens is 324 g/mol. The smallest absolute Gasteiger partial charge is 0.254 e. The number of likely N-dealkylation sites (tertiary alicyclic amines) is 1. The third-order valence-electron chi connectivity index (χ3n) is 4.92. The van der Waals surface area contributed by atoms with Gasteiger partial charge in [0.2, 0.25) is 5.91 Å². The molecule has 1 N–H and O–H groups in total. The molecule has 2 amide bonds. The van der Waals surface area contributed by atoms with Crippen molar-refractivity contribution in [2.45, 2.75) is 26.2 Å². The van der Waals surface area contributed by atoms with Crippen molar-refractivity contribution in [3.05, 3.63) is 71.3 Å². The van der Waals surface area contributed by atoms with Gasteiger partial charge in [0.25, 0.3) is 5.91 Å². The summed E-state index contributed by atoms with van der Waals surface area (Å²) in [5, 5.41) is 2.88. The molecular formula is C22H26N2O2. The van der Waals surface area contributed by atoms with Gasteiger partial charge in [0, 0.05) is 25.2 Å². The highest BCUT2D eigenvalue weighted by Crippen LogP contribution is 2.22. The van der Waals surface area contributed by atoms with Crippen molar-refractivity contribution in [2.24, 2.45) is 5.92 Å². The Morgan fingerprint density at radius 1 is 1.08 bits per heavy atom. The fourth-order valence-electron chi connectivity index (χ4n) is 3.56. The Bertz CT molecular complexity index is 758. The summed E-state index contributed by atoms with van der Waals surface area (Å²) >= 11 is 0. The van der Waals surface area contributed by atoms with Crippen LogP contribution in [0.2, 0.25) is 0 Å². The van der Waals surface area contributed by atoms with E-state index < -0.39 is 0 Å². The van der Waals surface area contributed by atoms with Crippen LogP contribution in [0.4, 0.5) is 0 Å². The highest BCUT2D eigenvalue weighted by Gasteiger charge is 2.29. The van der Waals surface area contributed by atoms with E-state index in [1.807, 2.05) is 54.3 Å². The molecule has 0 aliphatic carbocycles. The summed E-state index contributed by atoms with van der Waals surface area (Å²) in [6, 6.07) is 18.0. The molecule has 1 fully saturated rings. The van der Waals surface area contributed by atoms with Crippen molar-refractivity contribution < 1.29 is 9.59 Å². The lowest BCUT2D eigenvalue weighted by molar-refractivity contribution is -0.126. The van der Waals surface area contributed by atoms with Gasteiger partial charge in [-0.25, -0.2) is 0 Å². The lowest BCUT2D eigenvalue weighted by atomic mass is 9.94. The first kappa shape index (κ1) is 18.2. The maximum atomic E-state index is 13.1. The number of nitrogens with one attached hydrogen (secondary N) is 1. The molecule has 0 bridgehead atoms. The van der Waals surface area contributed by atoms with E-state index in [1.54, 1.807) is 0 Å². The lowest BCUT2D eigenvalue weighted by Crippen LogP contribution is -2.45. The minimum atomic E-state index is -0.103. The molecule has 136 valence electrons. The Balaban J connectivity index is 1.76. The van der Waals surface area contributed by atoms with Crippen LogP contribution in [0.3, 0.4) is 0 Å². The average Bonchev–Trinajstić information content (AvgIpc) is 2.69. The van der Waals surface area contributed by atoms with Gasteiger partial charge in [-0.2, -0.15) is 0 Å². The molecule has 1 saturated heterocycles. The third kappa shape index (κ3) is 4.31. The van der Waals surface area contributed by atoms with Crippen LogP contribution in [0.5, 0.6) is 0 Å². The molecule has 4 heteroatoms. The predicted octanol–water partition coefficient (Wildman–Crippen LogP) is 3.27. The van der Waals surface area contributed by atoms with Crippen molar-refractivity contribution >= 4 is 11.8 Å². The average molecular weight is 350 g/mol. The molecule has 1 unspecified atom stereocenters. The van der Waals surface area contributed by atoms with Crippen LogP contribution >= 0.6 is 0 Å². The number of carbonyl (C=O) groups is 2. The van der Waals surface area contributed by atoms with Gasteiger partial charge in [-0.3, -0.25) is 9.59 Å². The first-order valence-corrected chi connectivity index (χ1v) is 9.38. The molecule has 2 aromatic carbocycles. The summed E-state index contributed by atoms with van der Waals surface area (Å²) in [7, 11) is 0. The van der Waals surface area contributed by atoms with Crippen LogP contribution in [-0.2, 0) is 11.2 Å². The molecule has 26 heavy (non-hydrogen) atoms. The molecule has 1 atom stereocenters. The molecule has 1 aliphatic rings. The van der Waals surface area contributed by atoms with E-state index in [1.165, 1.54) is 5.56 Å². The SMILES string of the molecule is CCNC(=O)C1CCCN(C(=O)c2ccccc2Cc2ccccc2)C1. The van der Waals surface area contributed by atoms with E-state index in [4.69, 9.17) is 0 Å². The summed E-state index contributed by atoms with van der Waals surface area (Å²) in [6.45, 7) is 3.77. The zero-order chi connectivity index (χ0) is 18.4. The first-order chi connectivity index (χ1) is 12.7. The number of amides is 2. The number of rotatable bonds is 5. The van der Waals surface area contributed by atoms with E-state index in [-0.39, 0.29) is 17.7 Å². The summed E-state index contributed by atoms with van der Waals surface area (Å²) in [4.78, 5) is 27.1. The van der Waals surface area contributed by atoms with Crippen molar-refractivity contribution in [1.82, 2.24) is 10.2 Å². The lowest BCUT2D eigenvalue weighted by Gasteiger charge is -2.32. The van der Waals surface area contributed by atoms with Gasteiger partial charge < -0.3 is 10.2 Å². The number of hydrogen-bond donors (Lipinski definition) is 1. The number of carbonyl (C=O) groups excluding carboxylic acids is 2. The Kier molecular flexibility index (Phi) is 6.05. The molecule has 0 spiro atoms. The number of benzene rings is 2. The van der Waals surface area contributed by atoms with E-state index in [2.05, 4.69) is 17.4 Å². The molecule has 1 aliphatic heterocycles. The quantitative estimate of drug-likeness (QED) is 0.900. The van der Waals surface area contributed by atoms with Crippen molar-refractivity contribution in [3.63, 3.8) is 0 Å². The number of nitrogens with zero attached hydrogens (tertiary/aromatic N) is 1. The summed E-state index contributed by atoms with van der Waals surface area (Å²) < 4.78 is 0. The monoisotopic (exact) mass is 350 g/mol. The molecule has 0 aromatic heterocycles. The van der Waals surface area contributed by atoms with Crippen molar-refractivity contribution in [1.29, 1.82) is 0 Å². The van der Waals surface area contributed by atoms with Gasteiger partial charge in [0.05, 0.1) is 5.92 Å². The summed E-state index contributed by atoms with van der Waals surface area (Å²) in [5.41, 5.74) is 2.96. The fraction of sp³-hybridized carbons (Fsp3) is 0.364. The summed E-state index contributed by atoms with van der Waals surface area (Å²) in [5.74, 6) is -0.0120. The minimum absolute atomic E-state index is 0.0329. The molecule has 2 aromatic rings. The predicted molar refractivity (Wildman–Crippen MR) is 103 cm³/mol. The highest BCUT2D eigenvalue weighted by atomic mass is 16.2. The van der Waals surface area contributed by atoms with Gasteiger partial charge in [-0.15, -0.1) is 0 Å². The maximum absolute atomic E-state index is 13.1. The fourth-order valence-corrected chi connectivity index (χ4v) is 3.56. The third-order valence-corrected chi connectivity index (χ3v) is 4.92. The van der Waals surface area contributed by atoms with E-state index in [9.17, 15) is 9.59 Å². The normalized spacial score (nSPS) is 17.0. The molecule has 0 saturated carbocycles. The Morgan fingerprint density at radius 2 is 1.81 bits per heavy atom. The van der Waals surface area contributed by atoms with Crippen LogP contribution in [0.15, 0.2) is 54.6 Å². The van der Waals surface area contributed by atoms with Gasteiger partial charge in [0.15, 0.2) is 0 Å². The zero-order valence-electron chi connectivity index (χ0n) is 15.3. The van der Waals surface area contributed by atoms with Crippen molar-refractivity contribution in [3.8, 4) is 0 Å². The van der Waals surface area contributed by atoms with Gasteiger partial charge in [-0.05, 0) is 43.4 Å². The topological polar surface area (TPSA) is 49.4 Å². The molecule has 4 nitrogen and oxygen atoms in total. The minimum Gasteiger partial charge on any atom is -0.356 e. The Labute approximate surface area is 155 Å². The van der Waals surface area contributed by atoms with Crippen molar-refractivity contribution in [2.75, 3.05) is 19.6 Å². The van der Waals surface area contributed by atoms with E-state index in [0.717, 1.165) is 30.4 Å². The van der Waals surface area contributed by atoms with E-state index >= 15 is 0 Å².